The summed E-state index contributed by atoms with van der Waals surface area (Å²) in [6.45, 7) is 1.07. The third-order valence-corrected chi connectivity index (χ3v) is 4.21. The average Bonchev–Trinajstić information content (AvgIpc) is 2.98. The van der Waals surface area contributed by atoms with E-state index in [1.165, 1.54) is 11.3 Å². The molecule has 108 valence electrons. The zero-order chi connectivity index (χ0) is 14.8. The molecule has 0 spiro atoms. The molecule has 2 heterocycles. The Hall–Kier alpha value is -2.34. The molecule has 0 aliphatic carbocycles. The SMILES string of the molecule is O=C(O)c1ccc2c(c1)CN(C(=O)Nc1ccsc1)CC2. The van der Waals surface area contributed by atoms with E-state index >= 15 is 0 Å². The van der Waals surface area contributed by atoms with Gasteiger partial charge < -0.3 is 15.3 Å². The molecule has 2 N–H and O–H groups in total. The number of thiophene rings is 1. The molecule has 0 atom stereocenters. The normalized spacial score (nSPS) is 13.6. The number of benzene rings is 1. The minimum absolute atomic E-state index is 0.153. The Morgan fingerprint density at radius 3 is 2.81 bits per heavy atom. The first kappa shape index (κ1) is 13.6. The fourth-order valence-electron chi connectivity index (χ4n) is 2.40. The van der Waals surface area contributed by atoms with Crippen molar-refractivity contribution in [1.82, 2.24) is 4.90 Å². The first-order valence-corrected chi connectivity index (χ1v) is 7.51. The van der Waals surface area contributed by atoms with Crippen molar-refractivity contribution in [3.8, 4) is 0 Å². The summed E-state index contributed by atoms with van der Waals surface area (Å²) in [5.74, 6) is -0.947. The van der Waals surface area contributed by atoms with Crippen molar-refractivity contribution in [3.63, 3.8) is 0 Å². The maximum Gasteiger partial charge on any atom is 0.335 e. The number of nitrogens with one attached hydrogen (secondary N) is 1. The Bertz CT molecular complexity index is 682. The second kappa shape index (κ2) is 5.57. The fraction of sp³-hybridized carbons (Fsp3) is 0.200. The molecule has 0 fully saturated rings. The van der Waals surface area contributed by atoms with Crippen LogP contribution in [-0.2, 0) is 13.0 Å². The van der Waals surface area contributed by atoms with Crippen LogP contribution >= 0.6 is 11.3 Å². The van der Waals surface area contributed by atoms with Crippen LogP contribution in [0.15, 0.2) is 35.0 Å². The summed E-state index contributed by atoms with van der Waals surface area (Å²) in [4.78, 5) is 24.9. The first-order valence-electron chi connectivity index (χ1n) is 6.57. The molecule has 0 unspecified atom stereocenters. The highest BCUT2D eigenvalue weighted by molar-refractivity contribution is 7.08. The van der Waals surface area contributed by atoms with Crippen LogP contribution in [0.2, 0.25) is 0 Å². The van der Waals surface area contributed by atoms with Crippen LogP contribution in [0, 0.1) is 0 Å². The molecule has 1 aromatic heterocycles. The zero-order valence-corrected chi connectivity index (χ0v) is 12.0. The van der Waals surface area contributed by atoms with Crippen molar-refractivity contribution in [2.45, 2.75) is 13.0 Å². The molecule has 0 saturated carbocycles. The van der Waals surface area contributed by atoms with Crippen LogP contribution in [0.25, 0.3) is 0 Å². The smallest absolute Gasteiger partial charge is 0.335 e. The molecular weight excluding hydrogens is 288 g/mol. The predicted octanol–water partition coefficient (Wildman–Crippen LogP) is 3.04. The molecule has 21 heavy (non-hydrogen) atoms. The number of hydrogen-bond donors (Lipinski definition) is 2. The van der Waals surface area contributed by atoms with E-state index < -0.39 is 5.97 Å². The number of rotatable bonds is 2. The molecule has 0 saturated heterocycles. The summed E-state index contributed by atoms with van der Waals surface area (Å²) in [5.41, 5.74) is 3.06. The summed E-state index contributed by atoms with van der Waals surface area (Å²) < 4.78 is 0. The number of aromatic carboxylic acids is 1. The molecule has 5 nitrogen and oxygen atoms in total. The Morgan fingerprint density at radius 2 is 2.10 bits per heavy atom. The van der Waals surface area contributed by atoms with Gasteiger partial charge in [-0.15, -0.1) is 0 Å². The van der Waals surface area contributed by atoms with E-state index in [-0.39, 0.29) is 11.6 Å². The van der Waals surface area contributed by atoms with Crippen LogP contribution < -0.4 is 5.32 Å². The highest BCUT2D eigenvalue weighted by atomic mass is 32.1. The Morgan fingerprint density at radius 1 is 1.24 bits per heavy atom. The number of amides is 2. The lowest BCUT2D eigenvalue weighted by molar-refractivity contribution is 0.0696. The summed E-state index contributed by atoms with van der Waals surface area (Å²) in [6.07, 6.45) is 0.742. The van der Waals surface area contributed by atoms with E-state index in [2.05, 4.69) is 5.32 Å². The van der Waals surface area contributed by atoms with E-state index in [4.69, 9.17) is 5.11 Å². The van der Waals surface area contributed by atoms with Crippen LogP contribution in [0.5, 0.6) is 0 Å². The summed E-state index contributed by atoms with van der Waals surface area (Å²) in [7, 11) is 0. The standard InChI is InChI=1S/C15H14N2O3S/c18-14(19)11-2-1-10-3-5-17(8-12(10)7-11)15(20)16-13-4-6-21-9-13/h1-2,4,6-7,9H,3,5,8H2,(H,16,20)(H,18,19). The predicted molar refractivity (Wildman–Crippen MR) is 80.9 cm³/mol. The fourth-order valence-corrected chi connectivity index (χ4v) is 2.99. The van der Waals surface area contributed by atoms with Gasteiger partial charge in [0.05, 0.1) is 11.3 Å². The Kier molecular flexibility index (Phi) is 3.62. The zero-order valence-electron chi connectivity index (χ0n) is 11.2. The lowest BCUT2D eigenvalue weighted by Gasteiger charge is -2.29. The van der Waals surface area contributed by atoms with E-state index in [0.29, 0.717) is 13.1 Å². The van der Waals surface area contributed by atoms with Gasteiger partial charge in [-0.3, -0.25) is 0 Å². The number of carboxylic acids is 1. The number of nitrogens with zero attached hydrogens (tertiary/aromatic N) is 1. The third kappa shape index (κ3) is 2.90. The minimum atomic E-state index is -0.947. The maximum atomic E-state index is 12.2. The van der Waals surface area contributed by atoms with Gasteiger partial charge in [-0.05, 0) is 41.1 Å². The van der Waals surface area contributed by atoms with E-state index in [1.54, 1.807) is 17.0 Å². The molecule has 1 aliphatic heterocycles. The molecule has 1 aliphatic rings. The molecular formula is C15H14N2O3S. The Balaban J connectivity index is 1.75. The molecule has 0 radical (unpaired) electrons. The summed E-state index contributed by atoms with van der Waals surface area (Å²) in [5, 5.41) is 15.7. The monoisotopic (exact) mass is 302 g/mol. The van der Waals surface area contributed by atoms with Gasteiger partial charge in [-0.1, -0.05) is 6.07 Å². The van der Waals surface area contributed by atoms with Gasteiger partial charge in [0.15, 0.2) is 0 Å². The number of hydrogen-bond acceptors (Lipinski definition) is 3. The minimum Gasteiger partial charge on any atom is -0.478 e. The number of fused-ring (bicyclic) bond motifs is 1. The van der Waals surface area contributed by atoms with Crippen LogP contribution in [0.4, 0.5) is 10.5 Å². The number of anilines is 1. The van der Waals surface area contributed by atoms with Crippen molar-refractivity contribution in [2.24, 2.45) is 0 Å². The van der Waals surface area contributed by atoms with Gasteiger partial charge in [0.25, 0.3) is 0 Å². The van der Waals surface area contributed by atoms with Crippen molar-refractivity contribution < 1.29 is 14.7 Å². The average molecular weight is 302 g/mol. The van der Waals surface area contributed by atoms with E-state index in [9.17, 15) is 9.59 Å². The van der Waals surface area contributed by atoms with Gasteiger partial charge >= 0.3 is 12.0 Å². The van der Waals surface area contributed by atoms with Gasteiger partial charge in [0.1, 0.15) is 0 Å². The molecule has 3 rings (SSSR count). The van der Waals surface area contributed by atoms with Gasteiger partial charge in [0.2, 0.25) is 0 Å². The topological polar surface area (TPSA) is 69.6 Å². The lowest BCUT2D eigenvalue weighted by atomic mass is 9.97. The quantitative estimate of drug-likeness (QED) is 0.896. The molecule has 1 aromatic carbocycles. The molecule has 2 aromatic rings. The molecule has 2 amide bonds. The number of urea groups is 1. The summed E-state index contributed by atoms with van der Waals surface area (Å²) >= 11 is 1.52. The number of carbonyl (C=O) groups is 2. The van der Waals surface area contributed by atoms with E-state index in [1.807, 2.05) is 22.9 Å². The number of carboxylic acid groups (broad SMARTS) is 1. The first-order chi connectivity index (χ1) is 10.1. The highest BCUT2D eigenvalue weighted by Crippen LogP contribution is 2.21. The van der Waals surface area contributed by atoms with Crippen molar-refractivity contribution in [3.05, 3.63) is 51.7 Å². The van der Waals surface area contributed by atoms with Crippen molar-refractivity contribution in [2.75, 3.05) is 11.9 Å². The number of carbonyl (C=O) groups excluding carboxylic acids is 1. The van der Waals surface area contributed by atoms with Crippen molar-refractivity contribution >= 4 is 29.0 Å². The van der Waals surface area contributed by atoms with Gasteiger partial charge in [-0.2, -0.15) is 11.3 Å². The van der Waals surface area contributed by atoms with Crippen LogP contribution in [-0.4, -0.2) is 28.6 Å². The highest BCUT2D eigenvalue weighted by Gasteiger charge is 2.21. The van der Waals surface area contributed by atoms with Gasteiger partial charge in [0, 0.05) is 18.5 Å². The second-order valence-electron chi connectivity index (χ2n) is 4.90. The second-order valence-corrected chi connectivity index (χ2v) is 5.68. The molecule has 0 bridgehead atoms. The van der Waals surface area contributed by atoms with Gasteiger partial charge in [-0.25, -0.2) is 9.59 Å². The Labute approximate surface area is 125 Å². The summed E-state index contributed by atoms with van der Waals surface area (Å²) in [6, 6.07) is 6.81. The van der Waals surface area contributed by atoms with E-state index in [0.717, 1.165) is 23.2 Å². The lowest BCUT2D eigenvalue weighted by Crippen LogP contribution is -2.38. The van der Waals surface area contributed by atoms with Crippen molar-refractivity contribution in [1.29, 1.82) is 0 Å². The maximum absolute atomic E-state index is 12.2. The largest absolute Gasteiger partial charge is 0.478 e. The van der Waals surface area contributed by atoms with Crippen LogP contribution in [0.1, 0.15) is 21.5 Å². The van der Waals surface area contributed by atoms with Crippen LogP contribution in [0.3, 0.4) is 0 Å². The third-order valence-electron chi connectivity index (χ3n) is 3.53. The molecule has 6 heteroatoms.